The lowest BCUT2D eigenvalue weighted by molar-refractivity contribution is -0.123. The van der Waals surface area contributed by atoms with Crippen LogP contribution in [0, 0.1) is 5.82 Å². The van der Waals surface area contributed by atoms with E-state index in [9.17, 15) is 14.0 Å². The average molecular weight is 312 g/mol. The van der Waals surface area contributed by atoms with Crippen molar-refractivity contribution in [3.63, 3.8) is 0 Å². The van der Waals surface area contributed by atoms with Crippen molar-refractivity contribution in [3.05, 3.63) is 71.0 Å². The number of Topliss-reactive ketones (excluding diaryl/α,β-unsaturated/α-hetero) is 1. The van der Waals surface area contributed by atoms with Gasteiger partial charge in [-0.3, -0.25) is 14.9 Å². The standard InChI is InChI=1S/C18H17FN2O2/c19-13-7-5-11(6-8-13)9-16(22)17-14-4-2-1-3-12(14)10-15(21-17)18(20)23/h1-8,15,17,21H,9-10H2,(H2,20,23). The Kier molecular flexibility index (Phi) is 4.21. The largest absolute Gasteiger partial charge is 0.368 e. The Balaban J connectivity index is 1.86. The van der Waals surface area contributed by atoms with Crippen LogP contribution in [0.15, 0.2) is 48.5 Å². The van der Waals surface area contributed by atoms with Gasteiger partial charge in [0, 0.05) is 6.42 Å². The maximum Gasteiger partial charge on any atom is 0.234 e. The second kappa shape index (κ2) is 6.30. The molecule has 0 bridgehead atoms. The third kappa shape index (κ3) is 3.29. The molecule has 2 unspecified atom stereocenters. The minimum atomic E-state index is -0.581. The van der Waals surface area contributed by atoms with E-state index in [1.165, 1.54) is 12.1 Å². The van der Waals surface area contributed by atoms with Gasteiger partial charge in [0.1, 0.15) is 5.82 Å². The lowest BCUT2D eigenvalue weighted by Gasteiger charge is -2.30. The highest BCUT2D eigenvalue weighted by molar-refractivity contribution is 5.90. The summed E-state index contributed by atoms with van der Waals surface area (Å²) >= 11 is 0. The zero-order chi connectivity index (χ0) is 16.4. The van der Waals surface area contributed by atoms with Crippen molar-refractivity contribution in [1.29, 1.82) is 0 Å². The Bertz CT molecular complexity index is 743. The number of nitrogens with one attached hydrogen (secondary N) is 1. The molecule has 0 spiro atoms. The molecule has 3 rings (SSSR count). The Morgan fingerprint density at radius 3 is 2.52 bits per heavy atom. The molecule has 1 aliphatic rings. The van der Waals surface area contributed by atoms with Crippen molar-refractivity contribution < 1.29 is 14.0 Å². The van der Waals surface area contributed by atoms with Crippen molar-refractivity contribution >= 4 is 11.7 Å². The number of nitrogens with two attached hydrogens (primary N) is 1. The van der Waals surface area contributed by atoms with E-state index in [1.54, 1.807) is 12.1 Å². The van der Waals surface area contributed by atoms with Gasteiger partial charge in [-0.1, -0.05) is 36.4 Å². The van der Waals surface area contributed by atoms with Gasteiger partial charge in [-0.25, -0.2) is 4.39 Å². The molecule has 3 N–H and O–H groups in total. The minimum Gasteiger partial charge on any atom is -0.368 e. The molecule has 0 saturated carbocycles. The van der Waals surface area contributed by atoms with E-state index < -0.39 is 18.0 Å². The van der Waals surface area contributed by atoms with Gasteiger partial charge in [0.05, 0.1) is 12.1 Å². The van der Waals surface area contributed by atoms with Crippen molar-refractivity contribution in [2.24, 2.45) is 5.73 Å². The summed E-state index contributed by atoms with van der Waals surface area (Å²) in [6, 6.07) is 12.2. The van der Waals surface area contributed by atoms with Crippen molar-refractivity contribution in [2.75, 3.05) is 0 Å². The molecule has 2 atom stereocenters. The summed E-state index contributed by atoms with van der Waals surface area (Å²) in [4.78, 5) is 24.2. The summed E-state index contributed by atoms with van der Waals surface area (Å²) in [7, 11) is 0. The Hall–Kier alpha value is -2.53. The maximum atomic E-state index is 13.0. The summed E-state index contributed by atoms with van der Waals surface area (Å²) in [6.45, 7) is 0. The Labute approximate surface area is 133 Å². The molecule has 1 amide bonds. The van der Waals surface area contributed by atoms with Gasteiger partial charge < -0.3 is 5.73 Å². The first-order valence-corrected chi connectivity index (χ1v) is 7.45. The number of amides is 1. The number of hydrogen-bond acceptors (Lipinski definition) is 3. The van der Waals surface area contributed by atoms with Gasteiger partial charge in [0.25, 0.3) is 0 Å². The molecule has 23 heavy (non-hydrogen) atoms. The second-order valence-corrected chi connectivity index (χ2v) is 5.73. The number of carbonyl (C=O) groups excluding carboxylic acids is 2. The number of carbonyl (C=O) groups is 2. The topological polar surface area (TPSA) is 72.2 Å². The number of fused-ring (bicyclic) bond motifs is 1. The van der Waals surface area contributed by atoms with Crippen LogP contribution < -0.4 is 11.1 Å². The van der Waals surface area contributed by atoms with Gasteiger partial charge in [-0.2, -0.15) is 0 Å². The second-order valence-electron chi connectivity index (χ2n) is 5.73. The van der Waals surface area contributed by atoms with E-state index in [2.05, 4.69) is 5.32 Å². The zero-order valence-corrected chi connectivity index (χ0v) is 12.5. The van der Waals surface area contributed by atoms with E-state index in [0.717, 1.165) is 16.7 Å². The molecule has 0 aliphatic carbocycles. The predicted octanol–water partition coefficient (Wildman–Crippen LogP) is 1.68. The molecule has 2 aromatic rings. The number of primary amides is 1. The van der Waals surface area contributed by atoms with Crippen LogP contribution in [0.4, 0.5) is 4.39 Å². The molecule has 1 heterocycles. The Morgan fingerprint density at radius 2 is 1.83 bits per heavy atom. The maximum absolute atomic E-state index is 13.0. The van der Waals surface area contributed by atoms with E-state index in [1.807, 2.05) is 24.3 Å². The van der Waals surface area contributed by atoms with Crippen LogP contribution in [0.1, 0.15) is 22.7 Å². The molecule has 1 aliphatic heterocycles. The van der Waals surface area contributed by atoms with Crippen molar-refractivity contribution in [3.8, 4) is 0 Å². The Morgan fingerprint density at radius 1 is 1.13 bits per heavy atom. The number of benzene rings is 2. The number of rotatable bonds is 4. The fourth-order valence-corrected chi connectivity index (χ4v) is 2.93. The predicted molar refractivity (Wildman–Crippen MR) is 84.1 cm³/mol. The van der Waals surface area contributed by atoms with Crippen LogP contribution in [-0.2, 0) is 22.4 Å². The van der Waals surface area contributed by atoms with Crippen LogP contribution in [-0.4, -0.2) is 17.7 Å². The summed E-state index contributed by atoms with van der Waals surface area (Å²) in [5.41, 5.74) is 7.96. The lowest BCUT2D eigenvalue weighted by Crippen LogP contribution is -2.50. The summed E-state index contributed by atoms with van der Waals surface area (Å²) < 4.78 is 13.0. The van der Waals surface area contributed by atoms with Gasteiger partial charge in [-0.05, 0) is 35.2 Å². The van der Waals surface area contributed by atoms with Gasteiger partial charge >= 0.3 is 0 Å². The third-order valence-corrected chi connectivity index (χ3v) is 4.12. The highest BCUT2D eigenvalue weighted by atomic mass is 19.1. The minimum absolute atomic E-state index is 0.0741. The SMILES string of the molecule is NC(=O)C1Cc2ccccc2C(C(=O)Cc2ccc(F)cc2)N1. The van der Waals surface area contributed by atoms with Crippen LogP contribution in [0.25, 0.3) is 0 Å². The fourth-order valence-electron chi connectivity index (χ4n) is 2.93. The molecule has 0 saturated heterocycles. The molecule has 0 radical (unpaired) electrons. The summed E-state index contributed by atoms with van der Waals surface area (Å²) in [6.07, 6.45) is 0.642. The molecular formula is C18H17FN2O2. The number of halogens is 1. The van der Waals surface area contributed by atoms with Crippen LogP contribution >= 0.6 is 0 Å². The van der Waals surface area contributed by atoms with Crippen molar-refractivity contribution in [1.82, 2.24) is 5.32 Å². The molecule has 5 heteroatoms. The highest BCUT2D eigenvalue weighted by Crippen LogP contribution is 2.27. The first kappa shape index (κ1) is 15.4. The fraction of sp³-hybridized carbons (Fsp3) is 0.222. The highest BCUT2D eigenvalue weighted by Gasteiger charge is 2.32. The molecular weight excluding hydrogens is 295 g/mol. The molecule has 2 aromatic carbocycles. The lowest BCUT2D eigenvalue weighted by atomic mass is 9.86. The van der Waals surface area contributed by atoms with Crippen molar-refractivity contribution in [2.45, 2.75) is 24.9 Å². The smallest absolute Gasteiger partial charge is 0.234 e. The van der Waals surface area contributed by atoms with Crippen LogP contribution in [0.2, 0.25) is 0 Å². The molecule has 0 aromatic heterocycles. The van der Waals surface area contributed by atoms with E-state index in [4.69, 9.17) is 5.73 Å². The normalized spacial score (nSPS) is 19.9. The van der Waals surface area contributed by atoms with E-state index >= 15 is 0 Å². The third-order valence-electron chi connectivity index (χ3n) is 4.12. The quantitative estimate of drug-likeness (QED) is 0.902. The zero-order valence-electron chi connectivity index (χ0n) is 12.5. The number of ketones is 1. The van der Waals surface area contributed by atoms with Crippen LogP contribution in [0.5, 0.6) is 0 Å². The average Bonchev–Trinajstić information content (AvgIpc) is 2.55. The summed E-state index contributed by atoms with van der Waals surface area (Å²) in [5, 5.41) is 3.04. The molecule has 118 valence electrons. The van der Waals surface area contributed by atoms with Gasteiger partial charge in [-0.15, -0.1) is 0 Å². The molecule has 4 nitrogen and oxygen atoms in total. The monoisotopic (exact) mass is 312 g/mol. The van der Waals surface area contributed by atoms with Gasteiger partial charge in [0.2, 0.25) is 5.91 Å². The summed E-state index contributed by atoms with van der Waals surface area (Å²) in [5.74, 6) is -0.884. The van der Waals surface area contributed by atoms with Crippen LogP contribution in [0.3, 0.4) is 0 Å². The van der Waals surface area contributed by atoms with Gasteiger partial charge in [0.15, 0.2) is 5.78 Å². The van der Waals surface area contributed by atoms with E-state index in [-0.39, 0.29) is 18.0 Å². The molecule has 0 fully saturated rings. The number of hydrogen-bond donors (Lipinski definition) is 2. The first-order valence-electron chi connectivity index (χ1n) is 7.45. The first-order chi connectivity index (χ1) is 11.0. The van der Waals surface area contributed by atoms with E-state index in [0.29, 0.717) is 6.42 Å².